The van der Waals surface area contributed by atoms with E-state index in [-0.39, 0.29) is 17.9 Å². The topological polar surface area (TPSA) is 38.7 Å². The van der Waals surface area contributed by atoms with Gasteiger partial charge in [0.25, 0.3) is 0 Å². The highest BCUT2D eigenvalue weighted by atomic mass is 16.6. The van der Waals surface area contributed by atoms with Crippen molar-refractivity contribution in [2.45, 2.75) is 76.9 Å². The summed E-state index contributed by atoms with van der Waals surface area (Å²) in [5.74, 6) is 0.512. The number of esters is 1. The van der Waals surface area contributed by atoms with Gasteiger partial charge in [0, 0.05) is 11.6 Å². The number of nitrogens with zero attached hydrogens (tertiary/aromatic N) is 1. The third-order valence-corrected chi connectivity index (χ3v) is 5.07. The zero-order valence-corrected chi connectivity index (χ0v) is 15.1. The molecule has 0 bridgehead atoms. The summed E-state index contributed by atoms with van der Waals surface area (Å²) in [6.07, 6.45) is 7.26. The van der Waals surface area contributed by atoms with Crippen LogP contribution in [-0.2, 0) is 9.53 Å². The summed E-state index contributed by atoms with van der Waals surface area (Å²) >= 11 is 0. The predicted molar refractivity (Wildman–Crippen MR) is 97.4 cm³/mol. The van der Waals surface area contributed by atoms with Crippen molar-refractivity contribution in [3.63, 3.8) is 0 Å². The molecule has 0 aromatic heterocycles. The Labute approximate surface area is 145 Å². The lowest BCUT2D eigenvalue weighted by Gasteiger charge is -2.24. The Kier molecular flexibility index (Phi) is 5.07. The van der Waals surface area contributed by atoms with Gasteiger partial charge in [0.15, 0.2) is 6.04 Å². The molecule has 1 heterocycles. The number of ether oxygens (including phenoxy) is 1. The fourth-order valence-electron chi connectivity index (χ4n) is 3.95. The van der Waals surface area contributed by atoms with E-state index < -0.39 is 5.60 Å². The van der Waals surface area contributed by atoms with Gasteiger partial charge in [-0.25, -0.2) is 4.79 Å². The van der Waals surface area contributed by atoms with Gasteiger partial charge >= 0.3 is 5.97 Å². The minimum atomic E-state index is -0.471. The lowest BCUT2D eigenvalue weighted by atomic mass is 9.82. The monoisotopic (exact) mass is 327 g/mol. The van der Waals surface area contributed by atoms with Gasteiger partial charge in [-0.05, 0) is 51.5 Å². The van der Waals surface area contributed by atoms with E-state index in [4.69, 9.17) is 9.73 Å². The molecule has 3 heteroatoms. The molecule has 0 saturated heterocycles. The number of benzene rings is 1. The van der Waals surface area contributed by atoms with Crippen molar-refractivity contribution >= 4 is 11.7 Å². The first-order valence-corrected chi connectivity index (χ1v) is 9.28. The maximum Gasteiger partial charge on any atom is 0.332 e. The number of rotatable bonds is 3. The average Bonchev–Trinajstić information content (AvgIpc) is 3.00. The Hall–Kier alpha value is -1.64. The highest BCUT2D eigenvalue weighted by Gasteiger charge is 2.40. The van der Waals surface area contributed by atoms with E-state index in [2.05, 4.69) is 12.1 Å². The Morgan fingerprint density at radius 1 is 1.08 bits per heavy atom. The summed E-state index contributed by atoms with van der Waals surface area (Å²) in [6, 6.07) is 9.94. The first-order chi connectivity index (χ1) is 11.4. The predicted octanol–water partition coefficient (Wildman–Crippen LogP) is 4.91. The minimum Gasteiger partial charge on any atom is -0.458 e. The van der Waals surface area contributed by atoms with Crippen LogP contribution in [0.4, 0.5) is 0 Å². The third kappa shape index (κ3) is 4.06. The molecule has 1 aromatic carbocycles. The van der Waals surface area contributed by atoms with Crippen molar-refractivity contribution in [3.8, 4) is 0 Å². The van der Waals surface area contributed by atoms with Crippen molar-refractivity contribution in [2.75, 3.05) is 0 Å². The largest absolute Gasteiger partial charge is 0.458 e. The van der Waals surface area contributed by atoms with E-state index in [9.17, 15) is 4.79 Å². The van der Waals surface area contributed by atoms with Crippen molar-refractivity contribution in [1.82, 2.24) is 0 Å². The molecule has 2 atom stereocenters. The second kappa shape index (κ2) is 7.08. The lowest BCUT2D eigenvalue weighted by Crippen LogP contribution is -2.32. The molecular weight excluding hydrogens is 298 g/mol. The molecule has 1 unspecified atom stereocenters. The van der Waals surface area contributed by atoms with Gasteiger partial charge in [-0.2, -0.15) is 0 Å². The molecule has 0 N–H and O–H groups in total. The molecule has 0 radical (unpaired) electrons. The van der Waals surface area contributed by atoms with Crippen LogP contribution in [0.15, 0.2) is 35.3 Å². The molecule has 1 fully saturated rings. The van der Waals surface area contributed by atoms with E-state index in [1.165, 1.54) is 43.4 Å². The molecule has 130 valence electrons. The van der Waals surface area contributed by atoms with E-state index in [0.717, 1.165) is 6.42 Å². The molecule has 3 nitrogen and oxygen atoms in total. The van der Waals surface area contributed by atoms with Crippen LogP contribution in [0.5, 0.6) is 0 Å². The van der Waals surface area contributed by atoms with E-state index in [1.807, 2.05) is 39.0 Å². The van der Waals surface area contributed by atoms with Crippen LogP contribution in [0.2, 0.25) is 0 Å². The zero-order valence-electron chi connectivity index (χ0n) is 15.1. The second-order valence-corrected chi connectivity index (χ2v) is 8.15. The summed E-state index contributed by atoms with van der Waals surface area (Å²) in [5.41, 5.74) is 1.98. The van der Waals surface area contributed by atoms with Crippen LogP contribution in [0.3, 0.4) is 0 Å². The third-order valence-electron chi connectivity index (χ3n) is 5.07. The first-order valence-electron chi connectivity index (χ1n) is 9.28. The van der Waals surface area contributed by atoms with Crippen LogP contribution >= 0.6 is 0 Å². The minimum absolute atomic E-state index is 0.123. The molecular formula is C21H29NO2. The second-order valence-electron chi connectivity index (χ2n) is 8.15. The van der Waals surface area contributed by atoms with E-state index in [1.54, 1.807) is 0 Å². The Balaban J connectivity index is 1.83. The molecule has 3 rings (SSSR count). The van der Waals surface area contributed by atoms with E-state index >= 15 is 0 Å². The summed E-state index contributed by atoms with van der Waals surface area (Å²) < 4.78 is 5.66. The number of hydrogen-bond donors (Lipinski definition) is 0. The van der Waals surface area contributed by atoms with Gasteiger partial charge < -0.3 is 4.74 Å². The summed E-state index contributed by atoms with van der Waals surface area (Å²) in [6.45, 7) is 5.76. The number of carbonyl (C=O) groups excluding carboxylic acids is 1. The number of hydrogen-bond acceptors (Lipinski definition) is 3. The van der Waals surface area contributed by atoms with Gasteiger partial charge in [0.05, 0.1) is 0 Å². The molecule has 1 aliphatic heterocycles. The highest BCUT2D eigenvalue weighted by Crippen LogP contribution is 2.38. The first kappa shape index (κ1) is 17.2. The average molecular weight is 327 g/mol. The highest BCUT2D eigenvalue weighted by molar-refractivity contribution is 5.94. The quantitative estimate of drug-likeness (QED) is 0.740. The number of aliphatic imine (C=N–C) groups is 1. The maximum atomic E-state index is 12.7. The SMILES string of the molecule is CC(C)(C)OC(=O)[C@H]1N=C(C2CCCCC2)CC1c1ccccc1. The van der Waals surface area contributed by atoms with Gasteiger partial charge in [-0.3, -0.25) is 4.99 Å². The molecule has 0 amide bonds. The summed E-state index contributed by atoms with van der Waals surface area (Å²) in [7, 11) is 0. The molecule has 1 saturated carbocycles. The van der Waals surface area contributed by atoms with Gasteiger partial charge in [-0.1, -0.05) is 49.6 Å². The van der Waals surface area contributed by atoms with Crippen LogP contribution in [0.1, 0.15) is 70.8 Å². The van der Waals surface area contributed by atoms with Crippen LogP contribution in [-0.4, -0.2) is 23.3 Å². The van der Waals surface area contributed by atoms with Gasteiger partial charge in [-0.15, -0.1) is 0 Å². The van der Waals surface area contributed by atoms with Crippen LogP contribution < -0.4 is 0 Å². The van der Waals surface area contributed by atoms with Crippen molar-refractivity contribution < 1.29 is 9.53 Å². The summed E-state index contributed by atoms with van der Waals surface area (Å²) in [5, 5.41) is 0. The molecule has 1 aromatic rings. The lowest BCUT2D eigenvalue weighted by molar-refractivity contribution is -0.156. The smallest absolute Gasteiger partial charge is 0.332 e. The molecule has 1 aliphatic carbocycles. The molecule has 24 heavy (non-hydrogen) atoms. The Morgan fingerprint density at radius 3 is 2.38 bits per heavy atom. The van der Waals surface area contributed by atoms with Crippen LogP contribution in [0, 0.1) is 5.92 Å². The van der Waals surface area contributed by atoms with Gasteiger partial charge in [0.1, 0.15) is 5.60 Å². The fraction of sp³-hybridized carbons (Fsp3) is 0.619. The zero-order chi connectivity index (χ0) is 17.2. The molecule has 2 aliphatic rings. The van der Waals surface area contributed by atoms with E-state index in [0.29, 0.717) is 5.92 Å². The van der Waals surface area contributed by atoms with Crippen molar-refractivity contribution in [1.29, 1.82) is 0 Å². The Bertz CT molecular complexity index is 594. The maximum absolute atomic E-state index is 12.7. The number of carbonyl (C=O) groups is 1. The van der Waals surface area contributed by atoms with Gasteiger partial charge in [0.2, 0.25) is 0 Å². The standard InChI is InChI=1S/C21H29NO2/c1-21(2,3)24-20(23)19-17(15-10-6-4-7-11-15)14-18(22-19)16-12-8-5-9-13-16/h4,6-7,10-11,16-17,19H,5,8-9,12-14H2,1-3H3/t17?,19-/m0/s1. The fourth-order valence-corrected chi connectivity index (χ4v) is 3.95. The van der Waals surface area contributed by atoms with Crippen molar-refractivity contribution in [3.05, 3.63) is 35.9 Å². The normalized spacial score (nSPS) is 25.4. The van der Waals surface area contributed by atoms with Crippen LogP contribution in [0.25, 0.3) is 0 Å². The summed E-state index contributed by atoms with van der Waals surface area (Å²) in [4.78, 5) is 17.6. The molecule has 0 spiro atoms. The van der Waals surface area contributed by atoms with Crippen molar-refractivity contribution in [2.24, 2.45) is 10.9 Å². The Morgan fingerprint density at radius 2 is 1.75 bits per heavy atom.